The van der Waals surface area contributed by atoms with E-state index in [4.69, 9.17) is 14.6 Å². The largest absolute Gasteiger partial charge is 0.497 e. The standard InChI is InChI=1S/C21H19FN4O2S/c1-27-16-8-9-18(28-2)17(12-16)19-20(25-11-10-23-13-25)21(29-3)24-26(19)15-6-4-14(22)5-7-15/h4-13H,1-3H3. The van der Waals surface area contributed by atoms with Crippen molar-refractivity contribution in [3.63, 3.8) is 0 Å². The van der Waals surface area contributed by atoms with Crippen molar-refractivity contribution >= 4 is 11.8 Å². The third-order valence-electron chi connectivity index (χ3n) is 4.52. The van der Waals surface area contributed by atoms with Crippen molar-refractivity contribution in [3.05, 3.63) is 67.0 Å². The maximum atomic E-state index is 13.5. The molecule has 29 heavy (non-hydrogen) atoms. The number of halogens is 1. The van der Waals surface area contributed by atoms with Gasteiger partial charge in [0.2, 0.25) is 0 Å². The van der Waals surface area contributed by atoms with Crippen LogP contribution in [-0.4, -0.2) is 39.8 Å². The van der Waals surface area contributed by atoms with Crippen LogP contribution in [0.4, 0.5) is 4.39 Å². The fourth-order valence-electron chi connectivity index (χ4n) is 3.16. The van der Waals surface area contributed by atoms with Crippen LogP contribution < -0.4 is 9.47 Å². The Bertz CT molecular complexity index is 1120. The highest BCUT2D eigenvalue weighted by Crippen LogP contribution is 2.41. The van der Waals surface area contributed by atoms with Crippen molar-refractivity contribution in [2.24, 2.45) is 0 Å². The molecule has 4 aromatic rings. The number of hydrogen-bond donors (Lipinski definition) is 0. The summed E-state index contributed by atoms with van der Waals surface area (Å²) in [5.41, 5.74) is 3.17. The molecule has 0 saturated heterocycles. The van der Waals surface area contributed by atoms with Crippen LogP contribution in [0.2, 0.25) is 0 Å². The molecular formula is C21H19FN4O2S. The zero-order chi connectivity index (χ0) is 20.4. The first-order valence-corrected chi connectivity index (χ1v) is 10.0. The van der Waals surface area contributed by atoms with Gasteiger partial charge < -0.3 is 14.0 Å². The third kappa shape index (κ3) is 3.47. The Morgan fingerprint density at radius 1 is 1.03 bits per heavy atom. The maximum absolute atomic E-state index is 13.5. The van der Waals surface area contributed by atoms with Gasteiger partial charge >= 0.3 is 0 Å². The van der Waals surface area contributed by atoms with Crippen LogP contribution in [0, 0.1) is 5.82 Å². The van der Waals surface area contributed by atoms with Gasteiger partial charge in [0.15, 0.2) is 0 Å². The van der Waals surface area contributed by atoms with E-state index in [1.807, 2.05) is 35.2 Å². The smallest absolute Gasteiger partial charge is 0.143 e. The second-order valence-electron chi connectivity index (χ2n) is 6.13. The predicted molar refractivity (Wildman–Crippen MR) is 111 cm³/mol. The van der Waals surface area contributed by atoms with Gasteiger partial charge in [-0.2, -0.15) is 5.10 Å². The molecule has 0 saturated carbocycles. The molecule has 0 aliphatic carbocycles. The Balaban J connectivity index is 2.08. The molecule has 0 bridgehead atoms. The molecular weight excluding hydrogens is 391 g/mol. The number of benzene rings is 2. The molecule has 148 valence electrons. The highest BCUT2D eigenvalue weighted by Gasteiger charge is 2.24. The van der Waals surface area contributed by atoms with E-state index >= 15 is 0 Å². The van der Waals surface area contributed by atoms with Gasteiger partial charge in [0.05, 0.1) is 26.2 Å². The molecule has 0 aliphatic rings. The Kier molecular flexibility index (Phi) is 5.26. The first kappa shape index (κ1) is 19.1. The lowest BCUT2D eigenvalue weighted by Gasteiger charge is -2.15. The second kappa shape index (κ2) is 8.00. The van der Waals surface area contributed by atoms with Gasteiger partial charge in [-0.25, -0.2) is 14.1 Å². The lowest BCUT2D eigenvalue weighted by Crippen LogP contribution is -2.03. The Morgan fingerprint density at radius 2 is 1.83 bits per heavy atom. The average Bonchev–Trinajstić information content (AvgIpc) is 3.41. The number of nitrogens with zero attached hydrogens (tertiary/aromatic N) is 4. The van der Waals surface area contributed by atoms with Crippen molar-refractivity contribution in [1.82, 2.24) is 19.3 Å². The topological polar surface area (TPSA) is 54.1 Å². The summed E-state index contributed by atoms with van der Waals surface area (Å²) in [5.74, 6) is 1.05. The number of aromatic nitrogens is 4. The van der Waals surface area contributed by atoms with Crippen molar-refractivity contribution in [3.8, 4) is 34.1 Å². The molecule has 0 unspecified atom stereocenters. The summed E-state index contributed by atoms with van der Waals surface area (Å²) in [5, 5.41) is 5.60. The van der Waals surface area contributed by atoms with Crippen molar-refractivity contribution in [1.29, 1.82) is 0 Å². The molecule has 0 spiro atoms. The van der Waals surface area contributed by atoms with E-state index in [1.165, 1.54) is 23.9 Å². The summed E-state index contributed by atoms with van der Waals surface area (Å²) in [7, 11) is 3.24. The van der Waals surface area contributed by atoms with Crippen molar-refractivity contribution in [2.75, 3.05) is 20.5 Å². The van der Waals surface area contributed by atoms with Gasteiger partial charge in [-0.3, -0.25) is 0 Å². The van der Waals surface area contributed by atoms with E-state index in [0.717, 1.165) is 27.7 Å². The van der Waals surface area contributed by atoms with Crippen molar-refractivity contribution in [2.45, 2.75) is 5.03 Å². The van der Waals surface area contributed by atoms with Gasteiger partial charge in [0, 0.05) is 18.0 Å². The average molecular weight is 410 g/mol. The molecule has 0 radical (unpaired) electrons. The number of imidazole rings is 1. The number of ether oxygens (including phenoxy) is 2. The molecule has 6 nitrogen and oxygen atoms in total. The van der Waals surface area contributed by atoms with E-state index in [9.17, 15) is 4.39 Å². The fourth-order valence-corrected chi connectivity index (χ4v) is 3.72. The summed E-state index contributed by atoms with van der Waals surface area (Å²) in [6.07, 6.45) is 7.26. The highest BCUT2D eigenvalue weighted by molar-refractivity contribution is 7.98. The third-order valence-corrected chi connectivity index (χ3v) is 5.18. The molecule has 2 aromatic heterocycles. The van der Waals surface area contributed by atoms with Gasteiger partial charge in [0.25, 0.3) is 0 Å². The van der Waals surface area contributed by atoms with Crippen LogP contribution in [0.3, 0.4) is 0 Å². The minimum absolute atomic E-state index is 0.304. The van der Waals surface area contributed by atoms with Crippen LogP contribution >= 0.6 is 11.8 Å². The summed E-state index contributed by atoms with van der Waals surface area (Å²) in [4.78, 5) is 4.19. The first-order chi connectivity index (χ1) is 14.2. The van der Waals surface area contributed by atoms with E-state index in [0.29, 0.717) is 11.5 Å². The van der Waals surface area contributed by atoms with Gasteiger partial charge in [-0.05, 0) is 48.7 Å². The SMILES string of the molecule is COc1ccc(OC)c(-c2c(-n3ccnc3)c(SC)nn2-c2ccc(F)cc2)c1. The van der Waals surface area contributed by atoms with Crippen LogP contribution in [0.1, 0.15) is 0 Å². The zero-order valence-corrected chi connectivity index (χ0v) is 17.0. The number of thioether (sulfide) groups is 1. The number of hydrogen-bond acceptors (Lipinski definition) is 5. The molecule has 8 heteroatoms. The molecule has 0 atom stereocenters. The van der Waals surface area contributed by atoms with Crippen molar-refractivity contribution < 1.29 is 13.9 Å². The monoisotopic (exact) mass is 410 g/mol. The Hall–Kier alpha value is -3.26. The minimum Gasteiger partial charge on any atom is -0.497 e. The van der Waals surface area contributed by atoms with Gasteiger partial charge in [0.1, 0.15) is 33.7 Å². The summed E-state index contributed by atoms with van der Waals surface area (Å²) in [6, 6.07) is 11.8. The zero-order valence-electron chi connectivity index (χ0n) is 16.2. The number of methoxy groups -OCH3 is 2. The molecule has 0 N–H and O–H groups in total. The molecule has 4 rings (SSSR count). The van der Waals surface area contributed by atoms with E-state index < -0.39 is 0 Å². The lowest BCUT2D eigenvalue weighted by molar-refractivity contribution is 0.404. The lowest BCUT2D eigenvalue weighted by atomic mass is 10.1. The van der Waals surface area contributed by atoms with Gasteiger partial charge in [-0.1, -0.05) is 0 Å². The normalized spacial score (nSPS) is 10.9. The number of rotatable bonds is 6. The predicted octanol–water partition coefficient (Wildman–Crippen LogP) is 4.60. The quantitative estimate of drug-likeness (QED) is 0.435. The first-order valence-electron chi connectivity index (χ1n) is 8.80. The van der Waals surface area contributed by atoms with E-state index in [1.54, 1.807) is 43.6 Å². The fraction of sp³-hybridized carbons (Fsp3) is 0.143. The second-order valence-corrected chi connectivity index (χ2v) is 6.93. The minimum atomic E-state index is -0.304. The molecule has 2 aromatic carbocycles. The molecule has 0 fully saturated rings. The summed E-state index contributed by atoms with van der Waals surface area (Å²) >= 11 is 1.52. The van der Waals surface area contributed by atoms with Crippen LogP contribution in [0.25, 0.3) is 22.6 Å². The molecule has 2 heterocycles. The summed E-state index contributed by atoms with van der Waals surface area (Å²) < 4.78 is 28.3. The molecule has 0 aliphatic heterocycles. The van der Waals surface area contributed by atoms with E-state index in [2.05, 4.69) is 4.98 Å². The Labute approximate surface area is 171 Å². The molecule has 0 amide bonds. The van der Waals surface area contributed by atoms with Crippen LogP contribution in [0.5, 0.6) is 11.5 Å². The highest BCUT2D eigenvalue weighted by atomic mass is 32.2. The van der Waals surface area contributed by atoms with Crippen LogP contribution in [-0.2, 0) is 0 Å². The Morgan fingerprint density at radius 3 is 2.45 bits per heavy atom. The summed E-state index contributed by atoms with van der Waals surface area (Å²) in [6.45, 7) is 0. The van der Waals surface area contributed by atoms with Crippen LogP contribution in [0.15, 0.2) is 66.2 Å². The maximum Gasteiger partial charge on any atom is 0.143 e. The van der Waals surface area contributed by atoms with E-state index in [-0.39, 0.29) is 5.82 Å². The van der Waals surface area contributed by atoms with Gasteiger partial charge in [-0.15, -0.1) is 11.8 Å².